The highest BCUT2D eigenvalue weighted by Crippen LogP contribution is 2.38. The van der Waals surface area contributed by atoms with E-state index in [-0.39, 0.29) is 18.9 Å². The van der Waals surface area contributed by atoms with E-state index in [1.165, 1.54) is 0 Å². The maximum absolute atomic E-state index is 12.7. The Bertz CT molecular complexity index is 405. The van der Waals surface area contributed by atoms with Crippen LogP contribution in [0.2, 0.25) is 0 Å². The molecular weight excluding hydrogens is 354 g/mol. The van der Waals surface area contributed by atoms with E-state index in [0.29, 0.717) is 6.42 Å². The summed E-state index contributed by atoms with van der Waals surface area (Å²) >= 11 is 2.19. The first-order chi connectivity index (χ1) is 8.47. The Kier molecular flexibility index (Phi) is 4.40. The van der Waals surface area contributed by atoms with Crippen molar-refractivity contribution in [3.63, 3.8) is 0 Å². The van der Waals surface area contributed by atoms with Crippen molar-refractivity contribution >= 4 is 28.3 Å². The Morgan fingerprint density at radius 1 is 1.17 bits per heavy atom. The number of hydrogen-bond acceptors (Lipinski definition) is 1. The molecule has 1 aromatic carbocycles. The van der Waals surface area contributed by atoms with E-state index in [0.717, 1.165) is 15.7 Å². The van der Waals surface area contributed by atoms with Crippen LogP contribution in [0.5, 0.6) is 0 Å². The lowest BCUT2D eigenvalue weighted by molar-refractivity contribution is -0.182. The minimum absolute atomic E-state index is 0.0682. The highest BCUT2D eigenvalue weighted by Gasteiger charge is 2.42. The van der Waals surface area contributed by atoms with Crippen molar-refractivity contribution in [1.29, 1.82) is 0 Å². The van der Waals surface area contributed by atoms with Crippen LogP contribution in [0.1, 0.15) is 25.7 Å². The van der Waals surface area contributed by atoms with Gasteiger partial charge in [-0.1, -0.05) is 18.6 Å². The van der Waals surface area contributed by atoms with Gasteiger partial charge in [0.05, 0.1) is 5.92 Å². The molecule has 2 unspecified atom stereocenters. The van der Waals surface area contributed by atoms with E-state index in [4.69, 9.17) is 0 Å². The average molecular weight is 369 g/mol. The number of hydrogen-bond donors (Lipinski definition) is 1. The molecule has 1 aliphatic rings. The second-order valence-electron chi connectivity index (χ2n) is 4.73. The number of nitrogens with one attached hydrogen (secondary N) is 1. The number of alkyl halides is 3. The minimum atomic E-state index is -4.05. The fraction of sp³-hybridized carbons (Fsp3) is 0.538. The van der Waals surface area contributed by atoms with E-state index in [9.17, 15) is 13.2 Å². The van der Waals surface area contributed by atoms with Crippen molar-refractivity contribution in [3.8, 4) is 0 Å². The molecule has 100 valence electrons. The van der Waals surface area contributed by atoms with Gasteiger partial charge in [-0.3, -0.25) is 0 Å². The molecule has 0 aromatic heterocycles. The van der Waals surface area contributed by atoms with Crippen LogP contribution in [-0.2, 0) is 0 Å². The maximum Gasteiger partial charge on any atom is 0.391 e. The zero-order valence-corrected chi connectivity index (χ0v) is 12.0. The highest BCUT2D eigenvalue weighted by molar-refractivity contribution is 14.1. The Hall–Kier alpha value is -0.460. The van der Waals surface area contributed by atoms with E-state index in [1.54, 1.807) is 0 Å². The van der Waals surface area contributed by atoms with Crippen LogP contribution in [0.15, 0.2) is 24.3 Å². The molecule has 1 fully saturated rings. The quantitative estimate of drug-likeness (QED) is 0.737. The molecular formula is C13H15F3IN. The fourth-order valence-corrected chi connectivity index (χ4v) is 2.96. The number of rotatable bonds is 2. The molecule has 2 atom stereocenters. The van der Waals surface area contributed by atoms with Gasteiger partial charge in [-0.15, -0.1) is 0 Å². The summed E-state index contributed by atoms with van der Waals surface area (Å²) in [4.78, 5) is 0. The summed E-state index contributed by atoms with van der Waals surface area (Å²) in [7, 11) is 0. The Balaban J connectivity index is 2.00. The van der Waals surface area contributed by atoms with Gasteiger partial charge in [-0.25, -0.2) is 0 Å². The summed E-state index contributed by atoms with van der Waals surface area (Å²) in [5, 5.41) is 3.24. The molecule has 1 saturated carbocycles. The van der Waals surface area contributed by atoms with Gasteiger partial charge < -0.3 is 5.32 Å². The topological polar surface area (TPSA) is 12.0 Å². The molecule has 0 saturated heterocycles. The van der Waals surface area contributed by atoms with Gasteiger partial charge in [0.1, 0.15) is 0 Å². The smallest absolute Gasteiger partial charge is 0.381 e. The summed E-state index contributed by atoms with van der Waals surface area (Å²) in [6, 6.07) is 7.62. The van der Waals surface area contributed by atoms with E-state index in [2.05, 4.69) is 27.9 Å². The molecule has 0 spiro atoms. The largest absolute Gasteiger partial charge is 0.391 e. The Morgan fingerprint density at radius 3 is 2.56 bits per heavy atom. The zero-order valence-electron chi connectivity index (χ0n) is 9.80. The van der Waals surface area contributed by atoms with Gasteiger partial charge in [0.15, 0.2) is 0 Å². The van der Waals surface area contributed by atoms with Crippen molar-refractivity contribution in [1.82, 2.24) is 0 Å². The molecule has 0 heterocycles. The first kappa shape index (κ1) is 14.0. The summed E-state index contributed by atoms with van der Waals surface area (Å²) in [6.07, 6.45) is -2.13. The molecule has 1 N–H and O–H groups in total. The van der Waals surface area contributed by atoms with Crippen LogP contribution >= 0.6 is 22.6 Å². The number of halogens is 4. The molecule has 0 radical (unpaired) electrons. The summed E-state index contributed by atoms with van der Waals surface area (Å²) < 4.78 is 39.2. The van der Waals surface area contributed by atoms with Crippen LogP contribution in [0.4, 0.5) is 18.9 Å². The third kappa shape index (κ3) is 3.52. The van der Waals surface area contributed by atoms with Gasteiger partial charge in [-0.2, -0.15) is 13.2 Å². The number of para-hydroxylation sites is 1. The van der Waals surface area contributed by atoms with Gasteiger partial charge in [-0.05, 0) is 54.0 Å². The predicted octanol–water partition coefficient (Wildman–Crippen LogP) is 4.82. The molecule has 1 nitrogen and oxygen atoms in total. The van der Waals surface area contributed by atoms with E-state index < -0.39 is 12.1 Å². The van der Waals surface area contributed by atoms with Gasteiger partial charge in [0.25, 0.3) is 0 Å². The van der Waals surface area contributed by atoms with Crippen LogP contribution in [0.3, 0.4) is 0 Å². The Labute approximate surface area is 118 Å². The van der Waals surface area contributed by atoms with Crippen LogP contribution < -0.4 is 5.32 Å². The second-order valence-corrected chi connectivity index (χ2v) is 5.89. The van der Waals surface area contributed by atoms with Gasteiger partial charge in [0.2, 0.25) is 0 Å². The van der Waals surface area contributed by atoms with Crippen molar-refractivity contribution in [3.05, 3.63) is 27.8 Å². The normalized spacial score (nSPS) is 24.9. The molecule has 0 amide bonds. The molecule has 1 aromatic rings. The summed E-state index contributed by atoms with van der Waals surface area (Å²) in [5.74, 6) is -1.15. The maximum atomic E-state index is 12.7. The fourth-order valence-electron chi connectivity index (χ4n) is 2.42. The lowest BCUT2D eigenvalue weighted by Gasteiger charge is -2.31. The molecule has 18 heavy (non-hydrogen) atoms. The van der Waals surface area contributed by atoms with Crippen molar-refractivity contribution < 1.29 is 13.2 Å². The third-order valence-electron chi connectivity index (χ3n) is 3.37. The third-order valence-corrected chi connectivity index (χ3v) is 4.31. The lowest BCUT2D eigenvalue weighted by atomic mass is 9.85. The number of anilines is 1. The number of benzene rings is 1. The van der Waals surface area contributed by atoms with E-state index >= 15 is 0 Å². The van der Waals surface area contributed by atoms with E-state index in [1.807, 2.05) is 24.3 Å². The van der Waals surface area contributed by atoms with Gasteiger partial charge in [0, 0.05) is 15.3 Å². The molecule has 2 rings (SSSR count). The second kappa shape index (κ2) is 5.67. The standard InChI is InChI=1S/C13H15F3IN/c14-13(15,16)9-4-3-5-10(8-9)18-12-7-2-1-6-11(12)17/h1-2,6-7,9-10,18H,3-5,8H2. The van der Waals surface area contributed by atoms with Crippen molar-refractivity contribution in [2.45, 2.75) is 37.9 Å². The molecule has 0 bridgehead atoms. The lowest BCUT2D eigenvalue weighted by Crippen LogP contribution is -2.34. The first-order valence-electron chi connectivity index (χ1n) is 6.04. The summed E-state index contributed by atoms with van der Waals surface area (Å²) in [5.41, 5.74) is 0.936. The molecule has 0 aliphatic heterocycles. The van der Waals surface area contributed by atoms with Crippen LogP contribution in [0, 0.1) is 9.49 Å². The van der Waals surface area contributed by atoms with Crippen LogP contribution in [0.25, 0.3) is 0 Å². The minimum Gasteiger partial charge on any atom is -0.381 e. The Morgan fingerprint density at radius 2 is 1.89 bits per heavy atom. The zero-order chi connectivity index (χ0) is 13.2. The monoisotopic (exact) mass is 369 g/mol. The molecule has 5 heteroatoms. The highest BCUT2D eigenvalue weighted by atomic mass is 127. The van der Waals surface area contributed by atoms with Crippen LogP contribution in [-0.4, -0.2) is 12.2 Å². The molecule has 1 aliphatic carbocycles. The van der Waals surface area contributed by atoms with Crippen molar-refractivity contribution in [2.24, 2.45) is 5.92 Å². The predicted molar refractivity (Wildman–Crippen MR) is 74.6 cm³/mol. The summed E-state index contributed by atoms with van der Waals surface area (Å²) in [6.45, 7) is 0. The van der Waals surface area contributed by atoms with Gasteiger partial charge >= 0.3 is 6.18 Å². The van der Waals surface area contributed by atoms with Crippen molar-refractivity contribution in [2.75, 3.05) is 5.32 Å². The SMILES string of the molecule is FC(F)(F)C1CCCC(Nc2ccccc2I)C1. The first-order valence-corrected chi connectivity index (χ1v) is 7.12. The average Bonchev–Trinajstić information content (AvgIpc) is 2.31.